The molecule has 2 aromatic rings. The van der Waals surface area contributed by atoms with Crippen molar-refractivity contribution >= 4 is 20.9 Å². The second-order valence-electron chi connectivity index (χ2n) is 5.55. The molecule has 110 valence electrons. The van der Waals surface area contributed by atoms with Crippen LogP contribution in [0.5, 0.6) is 0 Å². The molecule has 1 aromatic heterocycles. The fourth-order valence-electron chi connectivity index (χ4n) is 2.57. The minimum Gasteiger partial charge on any atom is -0.330 e. The molecule has 0 fully saturated rings. The second kappa shape index (κ2) is 4.86. The van der Waals surface area contributed by atoms with E-state index in [2.05, 4.69) is 10.3 Å². The summed E-state index contributed by atoms with van der Waals surface area (Å²) >= 11 is 0. The molecule has 2 rings (SSSR count). The molecule has 5 nitrogen and oxygen atoms in total. The lowest BCUT2D eigenvalue weighted by molar-refractivity contribution is 0.382. The predicted molar refractivity (Wildman–Crippen MR) is 80.5 cm³/mol. The number of nitrogens with one attached hydrogen (secondary N) is 1. The van der Waals surface area contributed by atoms with Crippen LogP contribution < -0.4 is 5.32 Å². The van der Waals surface area contributed by atoms with Crippen molar-refractivity contribution in [1.82, 2.24) is 14.9 Å². The zero-order chi connectivity index (χ0) is 15.1. The lowest BCUT2D eigenvalue weighted by Gasteiger charge is -2.25. The zero-order valence-electron chi connectivity index (χ0n) is 12.6. The van der Waals surface area contributed by atoms with E-state index in [0.717, 1.165) is 17.9 Å². The van der Waals surface area contributed by atoms with Crippen molar-refractivity contribution in [3.05, 3.63) is 24.0 Å². The number of hydrogen-bond donors (Lipinski definition) is 1. The van der Waals surface area contributed by atoms with Gasteiger partial charge in [0.25, 0.3) is 0 Å². The number of fused-ring (bicyclic) bond motifs is 1. The summed E-state index contributed by atoms with van der Waals surface area (Å²) in [5.41, 5.74) is 1.05. The normalized spacial score (nSPS) is 13.1. The Balaban J connectivity index is 2.77. The van der Waals surface area contributed by atoms with Crippen LogP contribution in [0.4, 0.5) is 0 Å². The standard InChI is InChI=1S/C14H21N3O2S/c1-6-15-14(2,3)13-16-12-10(17(13)4)8-7-9-11(12)20(5,18)19/h7-9,15H,6H2,1-5H3. The third-order valence-corrected chi connectivity index (χ3v) is 4.58. The molecule has 0 aliphatic carbocycles. The highest BCUT2D eigenvalue weighted by Crippen LogP contribution is 2.27. The number of aryl methyl sites for hydroxylation is 1. The van der Waals surface area contributed by atoms with Crippen LogP contribution in [-0.2, 0) is 22.4 Å². The summed E-state index contributed by atoms with van der Waals surface area (Å²) in [4.78, 5) is 4.87. The number of benzene rings is 1. The average molecular weight is 295 g/mol. The number of imidazole rings is 1. The minimum atomic E-state index is -3.29. The van der Waals surface area contributed by atoms with Gasteiger partial charge in [-0.25, -0.2) is 13.4 Å². The predicted octanol–water partition coefficient (Wildman–Crippen LogP) is 1.82. The molecule has 0 aliphatic heterocycles. The molecule has 0 aliphatic rings. The first-order valence-corrected chi connectivity index (χ1v) is 8.48. The van der Waals surface area contributed by atoms with E-state index in [1.54, 1.807) is 12.1 Å². The van der Waals surface area contributed by atoms with E-state index in [1.807, 2.05) is 38.5 Å². The van der Waals surface area contributed by atoms with Gasteiger partial charge in [0.2, 0.25) is 0 Å². The minimum absolute atomic E-state index is 0.282. The highest BCUT2D eigenvalue weighted by atomic mass is 32.2. The molecule has 1 aromatic carbocycles. The first-order chi connectivity index (χ1) is 9.18. The van der Waals surface area contributed by atoms with Crippen LogP contribution in [0, 0.1) is 0 Å². The molecule has 1 heterocycles. The van der Waals surface area contributed by atoms with Crippen LogP contribution >= 0.6 is 0 Å². The smallest absolute Gasteiger partial charge is 0.177 e. The molecule has 0 spiro atoms. The van der Waals surface area contributed by atoms with E-state index in [4.69, 9.17) is 0 Å². The molecule has 0 radical (unpaired) electrons. The molecule has 1 N–H and O–H groups in total. The molecule has 6 heteroatoms. The van der Waals surface area contributed by atoms with Gasteiger partial charge < -0.3 is 9.88 Å². The van der Waals surface area contributed by atoms with Gasteiger partial charge in [0.1, 0.15) is 11.3 Å². The molecule has 0 atom stereocenters. The molecular weight excluding hydrogens is 274 g/mol. The van der Waals surface area contributed by atoms with Crippen molar-refractivity contribution in [1.29, 1.82) is 0 Å². The van der Waals surface area contributed by atoms with Crippen molar-refractivity contribution in [2.24, 2.45) is 7.05 Å². The van der Waals surface area contributed by atoms with E-state index >= 15 is 0 Å². The van der Waals surface area contributed by atoms with Crippen LogP contribution in [0.25, 0.3) is 11.0 Å². The SMILES string of the molecule is CCNC(C)(C)c1nc2c(S(C)(=O)=O)cccc2n1C. The number of aromatic nitrogens is 2. The van der Waals surface area contributed by atoms with E-state index in [9.17, 15) is 8.42 Å². The largest absolute Gasteiger partial charge is 0.330 e. The van der Waals surface area contributed by atoms with Crippen molar-refractivity contribution in [3.63, 3.8) is 0 Å². The fourth-order valence-corrected chi connectivity index (χ4v) is 3.40. The lowest BCUT2D eigenvalue weighted by atomic mass is 10.1. The summed E-state index contributed by atoms with van der Waals surface area (Å²) < 4.78 is 25.7. The number of sulfone groups is 1. The van der Waals surface area contributed by atoms with Crippen molar-refractivity contribution in [2.45, 2.75) is 31.2 Å². The summed E-state index contributed by atoms with van der Waals surface area (Å²) in [6.45, 7) is 6.93. The third kappa shape index (κ3) is 2.45. The molecule has 0 unspecified atom stereocenters. The van der Waals surface area contributed by atoms with Gasteiger partial charge in [-0.15, -0.1) is 0 Å². The van der Waals surface area contributed by atoms with Gasteiger partial charge in [-0.1, -0.05) is 13.0 Å². The summed E-state index contributed by atoms with van der Waals surface area (Å²) in [6, 6.07) is 5.25. The Hall–Kier alpha value is -1.40. The van der Waals surface area contributed by atoms with E-state index in [1.165, 1.54) is 6.26 Å². The van der Waals surface area contributed by atoms with Crippen molar-refractivity contribution in [2.75, 3.05) is 12.8 Å². The summed E-state index contributed by atoms with van der Waals surface area (Å²) in [5, 5.41) is 3.37. The molecule has 0 bridgehead atoms. The Morgan fingerprint density at radius 2 is 2.00 bits per heavy atom. The number of nitrogens with zero attached hydrogens (tertiary/aromatic N) is 2. The van der Waals surface area contributed by atoms with Gasteiger partial charge in [-0.3, -0.25) is 0 Å². The van der Waals surface area contributed by atoms with Gasteiger partial charge in [0.05, 0.1) is 16.0 Å². The second-order valence-corrected chi connectivity index (χ2v) is 7.53. The van der Waals surface area contributed by atoms with Crippen molar-refractivity contribution in [3.8, 4) is 0 Å². The van der Waals surface area contributed by atoms with E-state index < -0.39 is 9.84 Å². The van der Waals surface area contributed by atoms with Gasteiger partial charge in [-0.05, 0) is 32.5 Å². The number of rotatable bonds is 4. The monoisotopic (exact) mass is 295 g/mol. The quantitative estimate of drug-likeness (QED) is 0.934. The molecule has 0 amide bonds. The zero-order valence-corrected chi connectivity index (χ0v) is 13.4. The van der Waals surface area contributed by atoms with Gasteiger partial charge in [0.15, 0.2) is 9.84 Å². The van der Waals surface area contributed by atoms with Crippen LogP contribution in [0.3, 0.4) is 0 Å². The summed E-state index contributed by atoms with van der Waals surface area (Å²) in [6.07, 6.45) is 1.21. The Labute approximate surface area is 119 Å². The topological polar surface area (TPSA) is 64.0 Å². The third-order valence-electron chi connectivity index (χ3n) is 3.45. The molecule has 0 saturated heterocycles. The Morgan fingerprint density at radius 3 is 2.55 bits per heavy atom. The summed E-state index contributed by atoms with van der Waals surface area (Å²) in [5.74, 6) is 0.824. The van der Waals surface area contributed by atoms with Crippen LogP contribution in [-0.4, -0.2) is 30.8 Å². The molecule has 0 saturated carbocycles. The Morgan fingerprint density at radius 1 is 1.35 bits per heavy atom. The van der Waals surface area contributed by atoms with E-state index in [-0.39, 0.29) is 10.4 Å². The van der Waals surface area contributed by atoms with Gasteiger partial charge >= 0.3 is 0 Å². The maximum Gasteiger partial charge on any atom is 0.177 e. The van der Waals surface area contributed by atoms with Crippen molar-refractivity contribution < 1.29 is 8.42 Å². The first-order valence-electron chi connectivity index (χ1n) is 6.59. The van der Waals surface area contributed by atoms with E-state index in [0.29, 0.717) is 5.52 Å². The van der Waals surface area contributed by atoms with Gasteiger partial charge in [0, 0.05) is 13.3 Å². The molecular formula is C14H21N3O2S. The lowest BCUT2D eigenvalue weighted by Crippen LogP contribution is -2.38. The highest BCUT2D eigenvalue weighted by Gasteiger charge is 2.27. The maximum absolute atomic E-state index is 11.9. The number of para-hydroxylation sites is 1. The maximum atomic E-state index is 11.9. The van der Waals surface area contributed by atoms with Crippen LogP contribution in [0.1, 0.15) is 26.6 Å². The van der Waals surface area contributed by atoms with Crippen LogP contribution in [0.15, 0.2) is 23.1 Å². The van der Waals surface area contributed by atoms with Crippen LogP contribution in [0.2, 0.25) is 0 Å². The van der Waals surface area contributed by atoms with Gasteiger partial charge in [-0.2, -0.15) is 0 Å². The average Bonchev–Trinajstić information content (AvgIpc) is 2.66. The summed E-state index contributed by atoms with van der Waals surface area (Å²) in [7, 11) is -1.37. The first kappa shape index (κ1) is 15.0. The Bertz CT molecular complexity index is 745. The number of hydrogen-bond acceptors (Lipinski definition) is 4. The highest BCUT2D eigenvalue weighted by molar-refractivity contribution is 7.91. The molecule has 20 heavy (non-hydrogen) atoms. The Kier molecular flexibility index (Phi) is 3.64. The fraction of sp³-hybridized carbons (Fsp3) is 0.500.